The molecule has 0 unspecified atom stereocenters. The predicted octanol–water partition coefficient (Wildman–Crippen LogP) is 4.16. The summed E-state index contributed by atoms with van der Waals surface area (Å²) in [5, 5.41) is 6.61. The molecule has 3 rings (SSSR count). The van der Waals surface area contributed by atoms with E-state index in [2.05, 4.69) is 32.7 Å². The largest absolute Gasteiger partial charge is 0.497 e. The molecule has 0 aliphatic carbocycles. The second kappa shape index (κ2) is 8.20. The molecular weight excluding hydrogens is 328 g/mol. The van der Waals surface area contributed by atoms with Gasteiger partial charge in [-0.15, -0.1) is 0 Å². The summed E-state index contributed by atoms with van der Waals surface area (Å²) < 4.78 is 10.7. The van der Waals surface area contributed by atoms with Crippen LogP contribution in [0.2, 0.25) is 0 Å². The van der Waals surface area contributed by atoms with Crippen molar-refractivity contribution in [2.24, 2.45) is 0 Å². The van der Waals surface area contributed by atoms with Crippen molar-refractivity contribution in [2.75, 3.05) is 24.9 Å². The zero-order valence-corrected chi connectivity index (χ0v) is 15.1. The molecule has 0 aliphatic rings. The number of nitrogens with zero attached hydrogens (tertiary/aromatic N) is 2. The van der Waals surface area contributed by atoms with Crippen LogP contribution in [-0.4, -0.2) is 24.2 Å². The number of hydrogen-bond donors (Lipinski definition) is 2. The number of ether oxygens (including phenoxy) is 2. The normalized spacial score (nSPS) is 10.3. The molecule has 6 nitrogen and oxygen atoms in total. The van der Waals surface area contributed by atoms with E-state index in [4.69, 9.17) is 9.47 Å². The minimum Gasteiger partial charge on any atom is -0.497 e. The molecule has 0 aliphatic heterocycles. The number of hydrogen-bond acceptors (Lipinski definition) is 6. The Morgan fingerprint density at radius 3 is 2.38 bits per heavy atom. The number of nitrogens with one attached hydrogen (secondary N) is 2. The quantitative estimate of drug-likeness (QED) is 0.667. The highest BCUT2D eigenvalue weighted by molar-refractivity contribution is 5.67. The maximum absolute atomic E-state index is 5.42. The minimum atomic E-state index is 0.679. The van der Waals surface area contributed by atoms with Gasteiger partial charge in [-0.05, 0) is 24.6 Å². The molecule has 0 saturated heterocycles. The van der Waals surface area contributed by atoms with Gasteiger partial charge in [-0.1, -0.05) is 30.3 Å². The summed E-state index contributed by atoms with van der Waals surface area (Å²) in [6.45, 7) is 2.56. The van der Waals surface area contributed by atoms with E-state index in [1.54, 1.807) is 14.2 Å². The van der Waals surface area contributed by atoms with Crippen molar-refractivity contribution >= 4 is 17.3 Å². The van der Waals surface area contributed by atoms with Crippen LogP contribution < -0.4 is 20.1 Å². The van der Waals surface area contributed by atoms with Crippen LogP contribution in [0.3, 0.4) is 0 Å². The highest BCUT2D eigenvalue weighted by atomic mass is 16.5. The maximum atomic E-state index is 5.42. The number of benzene rings is 2. The molecule has 0 saturated carbocycles. The lowest BCUT2D eigenvalue weighted by atomic mass is 10.2. The summed E-state index contributed by atoms with van der Waals surface area (Å²) in [6.07, 6.45) is 0. The van der Waals surface area contributed by atoms with E-state index < -0.39 is 0 Å². The maximum Gasteiger partial charge on any atom is 0.146 e. The Balaban J connectivity index is 1.77. The second-order valence-electron chi connectivity index (χ2n) is 5.72. The standard InChI is InChI=1S/C20H22N4O2/c1-14-22-19(21-13-15-7-5-4-6-8-15)12-20(23-14)24-17-10-9-16(25-2)11-18(17)26-3/h4-12H,13H2,1-3H3,(H2,21,22,23,24). The smallest absolute Gasteiger partial charge is 0.146 e. The zero-order valence-electron chi connectivity index (χ0n) is 15.1. The fourth-order valence-corrected chi connectivity index (χ4v) is 2.55. The van der Waals surface area contributed by atoms with Crippen LogP contribution in [0.15, 0.2) is 54.6 Å². The van der Waals surface area contributed by atoms with Crippen LogP contribution >= 0.6 is 0 Å². The Hall–Kier alpha value is -3.28. The van der Waals surface area contributed by atoms with E-state index in [0.29, 0.717) is 23.9 Å². The van der Waals surface area contributed by atoms with Gasteiger partial charge in [0.15, 0.2) is 0 Å². The van der Waals surface area contributed by atoms with E-state index in [1.165, 1.54) is 5.56 Å². The van der Waals surface area contributed by atoms with Crippen molar-refractivity contribution in [3.63, 3.8) is 0 Å². The summed E-state index contributed by atoms with van der Waals surface area (Å²) in [7, 11) is 3.25. The molecule has 2 N–H and O–H groups in total. The van der Waals surface area contributed by atoms with Crippen molar-refractivity contribution in [2.45, 2.75) is 13.5 Å². The van der Waals surface area contributed by atoms with Gasteiger partial charge in [0, 0.05) is 18.7 Å². The van der Waals surface area contributed by atoms with Gasteiger partial charge in [-0.3, -0.25) is 0 Å². The van der Waals surface area contributed by atoms with Gasteiger partial charge in [0.05, 0.1) is 19.9 Å². The van der Waals surface area contributed by atoms with Crippen LogP contribution in [0.25, 0.3) is 0 Å². The van der Waals surface area contributed by atoms with Crippen molar-refractivity contribution < 1.29 is 9.47 Å². The average Bonchev–Trinajstić information content (AvgIpc) is 2.67. The third kappa shape index (κ3) is 4.42. The SMILES string of the molecule is COc1ccc(Nc2cc(NCc3ccccc3)nc(C)n2)c(OC)c1. The highest BCUT2D eigenvalue weighted by Crippen LogP contribution is 2.31. The van der Waals surface area contributed by atoms with Gasteiger partial charge in [0.1, 0.15) is 29.0 Å². The molecule has 0 fully saturated rings. The van der Waals surface area contributed by atoms with E-state index in [9.17, 15) is 0 Å². The van der Waals surface area contributed by atoms with E-state index in [1.807, 2.05) is 49.4 Å². The van der Waals surface area contributed by atoms with Crippen LogP contribution in [0, 0.1) is 6.92 Å². The lowest BCUT2D eigenvalue weighted by molar-refractivity contribution is 0.395. The third-order valence-electron chi connectivity index (χ3n) is 3.83. The van der Waals surface area contributed by atoms with Crippen LogP contribution in [0.1, 0.15) is 11.4 Å². The first-order valence-electron chi connectivity index (χ1n) is 8.30. The Morgan fingerprint density at radius 1 is 0.885 bits per heavy atom. The van der Waals surface area contributed by atoms with Gasteiger partial charge in [0.25, 0.3) is 0 Å². The summed E-state index contributed by atoms with van der Waals surface area (Å²) in [5.41, 5.74) is 2.00. The van der Waals surface area contributed by atoms with Crippen molar-refractivity contribution in [3.05, 3.63) is 66.0 Å². The number of methoxy groups -OCH3 is 2. The molecule has 6 heteroatoms. The van der Waals surface area contributed by atoms with E-state index >= 15 is 0 Å². The first-order valence-corrected chi connectivity index (χ1v) is 8.30. The van der Waals surface area contributed by atoms with Crippen LogP contribution in [-0.2, 0) is 6.54 Å². The molecule has 3 aromatic rings. The zero-order chi connectivity index (χ0) is 18.4. The number of aromatic nitrogens is 2. The summed E-state index contributed by atoms with van der Waals surface area (Å²) in [5.74, 6) is 3.54. The van der Waals surface area contributed by atoms with E-state index in [-0.39, 0.29) is 0 Å². The Labute approximate surface area is 153 Å². The van der Waals surface area contributed by atoms with Gasteiger partial charge < -0.3 is 20.1 Å². The fraction of sp³-hybridized carbons (Fsp3) is 0.200. The molecule has 0 atom stereocenters. The second-order valence-corrected chi connectivity index (χ2v) is 5.72. The Morgan fingerprint density at radius 2 is 1.65 bits per heavy atom. The molecule has 0 radical (unpaired) electrons. The molecular formula is C20H22N4O2. The van der Waals surface area contributed by atoms with Crippen molar-refractivity contribution in [1.82, 2.24) is 9.97 Å². The number of aryl methyl sites for hydroxylation is 1. The first-order chi connectivity index (χ1) is 12.7. The molecule has 0 bridgehead atoms. The van der Waals surface area contributed by atoms with Crippen molar-refractivity contribution in [3.8, 4) is 11.5 Å². The third-order valence-corrected chi connectivity index (χ3v) is 3.83. The summed E-state index contributed by atoms with van der Waals surface area (Å²) in [6, 6.07) is 17.6. The minimum absolute atomic E-state index is 0.679. The predicted molar refractivity (Wildman–Crippen MR) is 103 cm³/mol. The Bertz CT molecular complexity index is 869. The number of rotatable bonds is 7. The van der Waals surface area contributed by atoms with Crippen LogP contribution in [0.5, 0.6) is 11.5 Å². The molecule has 134 valence electrons. The van der Waals surface area contributed by atoms with Gasteiger partial charge in [-0.25, -0.2) is 9.97 Å². The molecule has 1 aromatic heterocycles. The van der Waals surface area contributed by atoms with Gasteiger partial charge >= 0.3 is 0 Å². The lowest BCUT2D eigenvalue weighted by Crippen LogP contribution is -2.05. The number of anilines is 3. The highest BCUT2D eigenvalue weighted by Gasteiger charge is 2.08. The molecule has 1 heterocycles. The molecule has 26 heavy (non-hydrogen) atoms. The average molecular weight is 350 g/mol. The monoisotopic (exact) mass is 350 g/mol. The molecule has 0 spiro atoms. The first kappa shape index (κ1) is 17.5. The van der Waals surface area contributed by atoms with Crippen molar-refractivity contribution in [1.29, 1.82) is 0 Å². The molecule has 2 aromatic carbocycles. The summed E-state index contributed by atoms with van der Waals surface area (Å²) >= 11 is 0. The molecule has 0 amide bonds. The summed E-state index contributed by atoms with van der Waals surface area (Å²) in [4.78, 5) is 8.90. The Kier molecular flexibility index (Phi) is 5.53. The fourth-order valence-electron chi connectivity index (χ4n) is 2.55. The van der Waals surface area contributed by atoms with E-state index in [0.717, 1.165) is 17.3 Å². The lowest BCUT2D eigenvalue weighted by Gasteiger charge is -2.13. The van der Waals surface area contributed by atoms with Gasteiger partial charge in [0.2, 0.25) is 0 Å². The van der Waals surface area contributed by atoms with Crippen LogP contribution in [0.4, 0.5) is 17.3 Å². The van der Waals surface area contributed by atoms with Gasteiger partial charge in [-0.2, -0.15) is 0 Å². The topological polar surface area (TPSA) is 68.3 Å².